The number of nitrogens with zero attached hydrogens (tertiary/aromatic N) is 1. The van der Waals surface area contributed by atoms with Gasteiger partial charge in [0, 0.05) is 18.5 Å². The molecule has 3 rings (SSSR count). The smallest absolute Gasteiger partial charge is 0.262 e. The molecule has 1 aliphatic heterocycles. The maximum Gasteiger partial charge on any atom is 0.262 e. The minimum Gasteiger partial charge on any atom is -0.370 e. The molecule has 0 radical (unpaired) electrons. The van der Waals surface area contributed by atoms with Crippen molar-refractivity contribution in [2.24, 2.45) is 0 Å². The molecular formula is C14H16N2O2S2. The normalized spacial score (nSPS) is 15.5. The first kappa shape index (κ1) is 13.5. The molecule has 0 atom stereocenters. The zero-order chi connectivity index (χ0) is 14.0. The molecule has 0 aliphatic carbocycles. The standard InChI is InChI=1S/C14H16N2O2S2/c17-20(18,12-7-10-19-11-12)15-13-5-1-2-6-14(13)16-8-3-4-9-16/h1-2,5-7,10-11,15H,3-4,8-9H2. The van der Waals surface area contributed by atoms with Crippen molar-refractivity contribution in [2.45, 2.75) is 17.7 Å². The SMILES string of the molecule is O=S(=O)(Nc1ccccc1N1CCCC1)c1ccsc1. The summed E-state index contributed by atoms with van der Waals surface area (Å²) in [5.41, 5.74) is 1.62. The molecule has 0 spiro atoms. The van der Waals surface area contributed by atoms with Crippen LogP contribution >= 0.6 is 11.3 Å². The molecule has 1 saturated heterocycles. The van der Waals surface area contributed by atoms with Crippen molar-refractivity contribution in [1.29, 1.82) is 0 Å². The molecule has 1 fully saturated rings. The molecular weight excluding hydrogens is 292 g/mol. The fourth-order valence-corrected chi connectivity index (χ4v) is 4.51. The Bertz CT molecular complexity index is 675. The lowest BCUT2D eigenvalue weighted by Crippen LogP contribution is -2.21. The number of nitrogens with one attached hydrogen (secondary N) is 1. The van der Waals surface area contributed by atoms with Crippen LogP contribution in [0.25, 0.3) is 0 Å². The first-order valence-corrected chi connectivity index (χ1v) is 8.98. The summed E-state index contributed by atoms with van der Waals surface area (Å²) in [6, 6.07) is 9.20. The van der Waals surface area contributed by atoms with E-state index in [0.717, 1.165) is 31.6 Å². The lowest BCUT2D eigenvalue weighted by Gasteiger charge is -2.21. The number of sulfonamides is 1. The fraction of sp³-hybridized carbons (Fsp3) is 0.286. The highest BCUT2D eigenvalue weighted by Gasteiger charge is 2.20. The minimum absolute atomic E-state index is 0.318. The van der Waals surface area contributed by atoms with Crippen LogP contribution in [0.5, 0.6) is 0 Å². The number of hydrogen-bond donors (Lipinski definition) is 1. The van der Waals surface area contributed by atoms with Gasteiger partial charge >= 0.3 is 0 Å². The highest BCUT2D eigenvalue weighted by atomic mass is 32.2. The molecule has 1 aromatic heterocycles. The molecule has 2 heterocycles. The number of benzene rings is 1. The summed E-state index contributed by atoms with van der Waals surface area (Å²) in [4.78, 5) is 2.55. The molecule has 2 aromatic rings. The van der Waals surface area contributed by atoms with Crippen molar-refractivity contribution in [3.05, 3.63) is 41.1 Å². The first-order valence-electron chi connectivity index (χ1n) is 6.56. The second-order valence-corrected chi connectivity index (χ2v) is 7.24. The van der Waals surface area contributed by atoms with Gasteiger partial charge in [0.05, 0.1) is 16.3 Å². The number of para-hydroxylation sites is 2. The zero-order valence-electron chi connectivity index (χ0n) is 11.0. The van der Waals surface area contributed by atoms with Gasteiger partial charge in [0.2, 0.25) is 0 Å². The molecule has 1 aliphatic rings. The van der Waals surface area contributed by atoms with Crippen LogP contribution in [0.1, 0.15) is 12.8 Å². The minimum atomic E-state index is -3.49. The Hall–Kier alpha value is -1.53. The Morgan fingerprint density at radius 2 is 1.85 bits per heavy atom. The van der Waals surface area contributed by atoms with Gasteiger partial charge in [-0.3, -0.25) is 4.72 Å². The average Bonchev–Trinajstić information content (AvgIpc) is 3.13. The first-order chi connectivity index (χ1) is 9.67. The van der Waals surface area contributed by atoms with Crippen LogP contribution in [0.4, 0.5) is 11.4 Å². The molecule has 0 saturated carbocycles. The average molecular weight is 308 g/mol. The van der Waals surface area contributed by atoms with Crippen LogP contribution in [-0.2, 0) is 10.0 Å². The van der Waals surface area contributed by atoms with Gasteiger partial charge in [0.15, 0.2) is 0 Å². The van der Waals surface area contributed by atoms with Crippen molar-refractivity contribution in [3.63, 3.8) is 0 Å². The van der Waals surface area contributed by atoms with Crippen molar-refractivity contribution >= 4 is 32.7 Å². The maximum atomic E-state index is 12.3. The van der Waals surface area contributed by atoms with Crippen LogP contribution < -0.4 is 9.62 Å². The van der Waals surface area contributed by atoms with Crippen LogP contribution in [0.15, 0.2) is 46.0 Å². The molecule has 0 bridgehead atoms. The van der Waals surface area contributed by atoms with Crippen LogP contribution in [0.3, 0.4) is 0 Å². The van der Waals surface area contributed by atoms with Gasteiger partial charge in [-0.1, -0.05) is 12.1 Å². The van der Waals surface area contributed by atoms with E-state index in [1.54, 1.807) is 16.8 Å². The fourth-order valence-electron chi connectivity index (χ4n) is 2.40. The third-order valence-electron chi connectivity index (χ3n) is 3.40. The number of anilines is 2. The van der Waals surface area contributed by atoms with E-state index in [9.17, 15) is 8.42 Å². The Kier molecular flexibility index (Phi) is 3.67. The molecule has 4 nitrogen and oxygen atoms in total. The summed E-state index contributed by atoms with van der Waals surface area (Å²) in [7, 11) is -3.49. The molecule has 20 heavy (non-hydrogen) atoms. The third kappa shape index (κ3) is 2.66. The van der Waals surface area contributed by atoms with E-state index in [2.05, 4.69) is 9.62 Å². The van der Waals surface area contributed by atoms with E-state index in [1.807, 2.05) is 24.3 Å². The Labute approximate surface area is 123 Å². The molecule has 0 amide bonds. The van der Waals surface area contributed by atoms with Gasteiger partial charge in [-0.05, 0) is 36.4 Å². The summed E-state index contributed by atoms with van der Waals surface area (Å²) in [6.07, 6.45) is 2.32. The van der Waals surface area contributed by atoms with Gasteiger partial charge in [-0.15, -0.1) is 0 Å². The van der Waals surface area contributed by atoms with Gasteiger partial charge in [-0.25, -0.2) is 8.42 Å². The van der Waals surface area contributed by atoms with Crippen molar-refractivity contribution in [2.75, 3.05) is 22.7 Å². The summed E-state index contributed by atoms with van der Waals surface area (Å²) < 4.78 is 27.3. The highest BCUT2D eigenvalue weighted by molar-refractivity contribution is 7.92. The number of hydrogen-bond acceptors (Lipinski definition) is 4. The van der Waals surface area contributed by atoms with E-state index in [4.69, 9.17) is 0 Å². The van der Waals surface area contributed by atoms with E-state index in [0.29, 0.717) is 10.6 Å². The lowest BCUT2D eigenvalue weighted by molar-refractivity contribution is 0.601. The second-order valence-electron chi connectivity index (χ2n) is 4.78. The Balaban J connectivity index is 1.91. The van der Waals surface area contributed by atoms with Crippen LogP contribution in [0.2, 0.25) is 0 Å². The van der Waals surface area contributed by atoms with E-state index < -0.39 is 10.0 Å². The number of thiophene rings is 1. The lowest BCUT2D eigenvalue weighted by atomic mass is 10.2. The van der Waals surface area contributed by atoms with Crippen molar-refractivity contribution in [1.82, 2.24) is 0 Å². The second kappa shape index (κ2) is 5.46. The van der Waals surface area contributed by atoms with E-state index in [1.165, 1.54) is 11.3 Å². The Morgan fingerprint density at radius 1 is 1.10 bits per heavy atom. The summed E-state index contributed by atoms with van der Waals surface area (Å²) in [5.74, 6) is 0. The summed E-state index contributed by atoms with van der Waals surface area (Å²) in [6.45, 7) is 1.97. The van der Waals surface area contributed by atoms with Gasteiger partial charge in [-0.2, -0.15) is 11.3 Å². The number of rotatable bonds is 4. The molecule has 1 N–H and O–H groups in total. The van der Waals surface area contributed by atoms with Crippen molar-refractivity contribution in [3.8, 4) is 0 Å². The van der Waals surface area contributed by atoms with E-state index in [-0.39, 0.29) is 0 Å². The highest BCUT2D eigenvalue weighted by Crippen LogP contribution is 2.30. The molecule has 0 unspecified atom stereocenters. The van der Waals surface area contributed by atoms with Gasteiger partial charge < -0.3 is 4.90 Å². The monoisotopic (exact) mass is 308 g/mol. The third-order valence-corrected chi connectivity index (χ3v) is 5.60. The molecule has 106 valence electrons. The van der Waals surface area contributed by atoms with E-state index >= 15 is 0 Å². The Morgan fingerprint density at radius 3 is 2.55 bits per heavy atom. The predicted octanol–water partition coefficient (Wildman–Crippen LogP) is 3.15. The largest absolute Gasteiger partial charge is 0.370 e. The van der Waals surface area contributed by atoms with Crippen molar-refractivity contribution < 1.29 is 8.42 Å². The summed E-state index contributed by atoms with van der Waals surface area (Å²) >= 11 is 1.38. The maximum absolute atomic E-state index is 12.3. The van der Waals surface area contributed by atoms with Gasteiger partial charge in [0.1, 0.15) is 0 Å². The van der Waals surface area contributed by atoms with Crippen LogP contribution in [-0.4, -0.2) is 21.5 Å². The topological polar surface area (TPSA) is 49.4 Å². The quantitative estimate of drug-likeness (QED) is 0.944. The molecule has 1 aromatic carbocycles. The van der Waals surface area contributed by atoms with Crippen LogP contribution in [0, 0.1) is 0 Å². The molecule has 6 heteroatoms. The van der Waals surface area contributed by atoms with Gasteiger partial charge in [0.25, 0.3) is 10.0 Å². The predicted molar refractivity (Wildman–Crippen MR) is 83.0 cm³/mol. The zero-order valence-corrected chi connectivity index (χ0v) is 12.6. The summed E-state index contributed by atoms with van der Waals surface area (Å²) in [5, 5.41) is 3.40.